The second kappa shape index (κ2) is 15.4. The highest BCUT2D eigenvalue weighted by Gasteiger charge is 2.45. The summed E-state index contributed by atoms with van der Waals surface area (Å²) >= 11 is 5.21. The fraction of sp³-hybridized carbons (Fsp3) is 0.103. The third kappa shape index (κ3) is 6.35. The maximum atomic E-state index is 15.0. The summed E-state index contributed by atoms with van der Waals surface area (Å²) in [5, 5.41) is 5.36. The zero-order valence-electron chi connectivity index (χ0n) is 39.1. The van der Waals surface area contributed by atoms with Gasteiger partial charge in [0.2, 0.25) is 0 Å². The lowest BCUT2D eigenvalue weighted by Crippen LogP contribution is -2.62. The maximum absolute atomic E-state index is 15.0. The van der Waals surface area contributed by atoms with Gasteiger partial charge in [0.1, 0.15) is 46.1 Å². The number of benzene rings is 8. The molecular formula is C58H40B3F2NO3S3. The van der Waals surface area contributed by atoms with E-state index in [0.717, 1.165) is 125 Å². The highest BCUT2D eigenvalue weighted by atomic mass is 32.2. The predicted molar refractivity (Wildman–Crippen MR) is 292 cm³/mol. The van der Waals surface area contributed by atoms with E-state index in [4.69, 9.17) is 14.2 Å². The first kappa shape index (κ1) is 42.2. The van der Waals surface area contributed by atoms with Crippen molar-refractivity contribution in [3.8, 4) is 34.5 Å². The number of aryl methyl sites for hydroxylation is 6. The largest absolute Gasteiger partial charge is 0.458 e. The minimum Gasteiger partial charge on any atom is -0.458 e. The molecule has 1 N–H and O–H groups in total. The van der Waals surface area contributed by atoms with Gasteiger partial charge in [-0.15, -0.1) is 22.7 Å². The van der Waals surface area contributed by atoms with E-state index in [1.807, 2.05) is 30.3 Å². The van der Waals surface area contributed by atoms with Gasteiger partial charge in [0.25, 0.3) is 20.1 Å². The standard InChI is InChI=1S/C58H40B3F2NO3S3/c1-28-16-32(5)52-46(18-28)67-55-38-22-34(62)12-14-49(38)69-57(55)60(52)40-26-42-44(20-30(40)3)65-47-24-37(64-36-10-8-7-9-11-36)25-48-54(47)59(42)43-27-41(31(4)21-45(43)66-48)61-53-33(6)17-29(2)19-51(53)68-56-39-23-35(63)13-15-50(39)70-58(56)61/h7-27,64H,1-6H3. The first-order chi connectivity index (χ1) is 33.9. The Kier molecular flexibility index (Phi) is 9.28. The monoisotopic (exact) mass is 965 g/mol. The normalized spacial score (nSPS) is 13.6. The van der Waals surface area contributed by atoms with Gasteiger partial charge in [0, 0.05) is 63.7 Å². The zero-order valence-corrected chi connectivity index (χ0v) is 41.5. The van der Waals surface area contributed by atoms with Crippen LogP contribution in [0.3, 0.4) is 0 Å². The van der Waals surface area contributed by atoms with Gasteiger partial charge >= 0.3 is 0 Å². The molecule has 0 unspecified atom stereocenters. The van der Waals surface area contributed by atoms with E-state index < -0.39 is 0 Å². The second-order valence-corrected chi connectivity index (χ2v) is 22.7. The van der Waals surface area contributed by atoms with Gasteiger partial charge in [0.15, 0.2) is 0 Å². The number of para-hydroxylation sites is 1. The summed E-state index contributed by atoms with van der Waals surface area (Å²) in [6.45, 7) is 12.5. The Morgan fingerprint density at radius 1 is 0.443 bits per heavy atom. The highest BCUT2D eigenvalue weighted by molar-refractivity contribution is 8.00. The van der Waals surface area contributed by atoms with Crippen molar-refractivity contribution in [2.24, 2.45) is 0 Å². The third-order valence-electron chi connectivity index (χ3n) is 14.7. The minimum atomic E-state index is -0.288. The van der Waals surface area contributed by atoms with Crippen molar-refractivity contribution in [2.45, 2.75) is 51.3 Å². The molecule has 0 atom stereocenters. The van der Waals surface area contributed by atoms with Crippen LogP contribution in [0.4, 0.5) is 20.2 Å². The lowest BCUT2D eigenvalue weighted by molar-refractivity contribution is 0.465. The number of hydrogen-bond donors (Lipinski definition) is 1. The Morgan fingerprint density at radius 2 is 1.01 bits per heavy atom. The predicted octanol–water partition coefficient (Wildman–Crippen LogP) is 10.3. The van der Waals surface area contributed by atoms with Crippen LogP contribution in [-0.2, 0) is 0 Å². The van der Waals surface area contributed by atoms with Crippen molar-refractivity contribution in [3.63, 3.8) is 0 Å². The number of nitrogens with one attached hydrogen (secondary N) is 1. The summed E-state index contributed by atoms with van der Waals surface area (Å²) in [7, 11) is 0. The number of ether oxygens (including phenoxy) is 3. The van der Waals surface area contributed by atoms with Crippen molar-refractivity contribution in [2.75, 3.05) is 5.32 Å². The Bertz CT molecular complexity index is 3730. The molecule has 336 valence electrons. The Balaban J connectivity index is 1.01. The van der Waals surface area contributed by atoms with Crippen molar-refractivity contribution < 1.29 is 23.0 Å². The average molecular weight is 966 g/mol. The van der Waals surface area contributed by atoms with Gasteiger partial charge in [-0.2, -0.15) is 0 Å². The van der Waals surface area contributed by atoms with Gasteiger partial charge in [-0.05, 0) is 147 Å². The van der Waals surface area contributed by atoms with E-state index in [2.05, 4.69) is 120 Å². The molecule has 70 heavy (non-hydrogen) atoms. The molecule has 0 saturated carbocycles. The van der Waals surface area contributed by atoms with E-state index in [0.29, 0.717) is 0 Å². The molecular weight excluding hydrogens is 925 g/mol. The molecule has 4 nitrogen and oxygen atoms in total. The summed E-state index contributed by atoms with van der Waals surface area (Å²) in [4.78, 5) is 2.34. The Hall–Kier alpha value is -6.72. The summed E-state index contributed by atoms with van der Waals surface area (Å²) < 4.78 is 55.4. The number of hydrogen-bond acceptors (Lipinski definition) is 7. The number of halogens is 2. The van der Waals surface area contributed by atoms with Gasteiger partial charge in [0.05, 0.1) is 0 Å². The summed E-state index contributed by atoms with van der Waals surface area (Å²) in [6, 6.07) is 42.7. The topological polar surface area (TPSA) is 39.7 Å². The molecule has 8 aromatic carbocycles. The van der Waals surface area contributed by atoms with Crippen LogP contribution < -0.4 is 67.3 Å². The van der Waals surface area contributed by atoms with Crippen LogP contribution in [0.2, 0.25) is 0 Å². The molecule has 0 radical (unpaired) electrons. The van der Waals surface area contributed by atoms with Gasteiger partial charge in [-0.3, -0.25) is 0 Å². The first-order valence-electron chi connectivity index (χ1n) is 23.6. The van der Waals surface area contributed by atoms with Crippen LogP contribution >= 0.6 is 34.4 Å². The van der Waals surface area contributed by atoms with Gasteiger partial charge in [-0.25, -0.2) is 8.78 Å². The second-order valence-electron chi connectivity index (χ2n) is 19.4. The fourth-order valence-electron chi connectivity index (χ4n) is 11.8. The molecule has 0 fully saturated rings. The van der Waals surface area contributed by atoms with Crippen LogP contribution in [-0.4, -0.2) is 20.1 Å². The lowest BCUT2D eigenvalue weighted by atomic mass is 9.31. The Morgan fingerprint density at radius 3 is 1.69 bits per heavy atom. The van der Waals surface area contributed by atoms with Gasteiger partial charge < -0.3 is 19.5 Å². The zero-order chi connectivity index (χ0) is 47.4. The summed E-state index contributed by atoms with van der Waals surface area (Å²) in [5.74, 6) is 4.08. The van der Waals surface area contributed by atoms with E-state index in [-0.39, 0.29) is 31.8 Å². The molecule has 0 aliphatic carbocycles. The summed E-state index contributed by atoms with van der Waals surface area (Å²) in [6.07, 6.45) is 0. The quantitative estimate of drug-likeness (QED) is 0.178. The molecule has 0 spiro atoms. The van der Waals surface area contributed by atoms with Crippen LogP contribution in [0.25, 0.3) is 20.2 Å². The first-order valence-corrected chi connectivity index (χ1v) is 26.0. The molecule has 6 heterocycles. The van der Waals surface area contributed by atoms with E-state index in [1.165, 1.54) is 37.8 Å². The number of fused-ring (bicyclic) bond motifs is 12. The number of thiophene rings is 2. The van der Waals surface area contributed by atoms with Crippen molar-refractivity contribution in [1.82, 2.24) is 0 Å². The molecule has 10 aromatic rings. The molecule has 4 aliphatic rings. The average Bonchev–Trinajstić information content (AvgIpc) is 3.87. The number of anilines is 2. The highest BCUT2D eigenvalue weighted by Crippen LogP contribution is 2.43. The molecule has 2 aromatic heterocycles. The van der Waals surface area contributed by atoms with E-state index in [1.54, 1.807) is 52.6 Å². The molecule has 0 bridgehead atoms. The van der Waals surface area contributed by atoms with Gasteiger partial charge in [-0.1, -0.05) is 92.9 Å². The fourth-order valence-corrected chi connectivity index (χ4v) is 15.9. The van der Waals surface area contributed by atoms with Crippen LogP contribution in [0.5, 0.6) is 34.5 Å². The third-order valence-corrected chi connectivity index (χ3v) is 18.5. The molecule has 0 amide bonds. The molecule has 4 aliphatic heterocycles. The lowest BCUT2D eigenvalue weighted by Gasteiger charge is -2.36. The molecule has 14 rings (SSSR count). The van der Waals surface area contributed by atoms with Crippen molar-refractivity contribution in [1.29, 1.82) is 0 Å². The van der Waals surface area contributed by atoms with Crippen molar-refractivity contribution >= 4 is 134 Å². The van der Waals surface area contributed by atoms with E-state index in [9.17, 15) is 0 Å². The van der Waals surface area contributed by atoms with Crippen molar-refractivity contribution in [3.05, 3.63) is 172 Å². The van der Waals surface area contributed by atoms with Crippen LogP contribution in [0.15, 0.2) is 137 Å². The Labute approximate surface area is 417 Å². The smallest absolute Gasteiger partial charge is 0.264 e. The summed E-state index contributed by atoms with van der Waals surface area (Å²) in [5.41, 5.74) is 16.6. The number of rotatable bonds is 4. The molecule has 0 saturated heterocycles. The SMILES string of the molecule is Cc1cc(C)c2c(c1)Oc1c(sc3ccc(F)cc13)B2c1cc2c(cc1C)Oc1cc(Nc3ccccc3)cc3c1B2c1cc(B2c4sc5ccc(F)cc5c4Sc4cc(C)cc(C)c42)c(C)cc1O3. The van der Waals surface area contributed by atoms with Crippen LogP contribution in [0, 0.1) is 53.2 Å². The van der Waals surface area contributed by atoms with Crippen LogP contribution in [0.1, 0.15) is 33.4 Å². The molecule has 12 heteroatoms. The van der Waals surface area contributed by atoms with E-state index >= 15 is 8.78 Å². The minimum absolute atomic E-state index is 0.0924. The maximum Gasteiger partial charge on any atom is 0.264 e.